The van der Waals surface area contributed by atoms with Crippen LogP contribution in [-0.4, -0.2) is 0 Å². The number of thiophene rings is 1. The molecular formula is C6H10FNS. The minimum absolute atomic E-state index is 0.225. The van der Waals surface area contributed by atoms with Crippen LogP contribution in [-0.2, 0) is 0 Å². The number of rotatable bonds is 0. The first kappa shape index (κ1) is 8.43. The minimum Gasteiger partial charge on any atom is -0.391 e. The number of anilines is 1. The van der Waals surface area contributed by atoms with E-state index in [1.54, 1.807) is 6.07 Å². The minimum atomic E-state index is -0.225. The second-order valence-corrected chi connectivity index (χ2v) is 2.21. The maximum Gasteiger partial charge on any atom is 0.178 e. The quantitative estimate of drug-likeness (QED) is 0.599. The number of nitrogens with two attached hydrogens (primary N) is 1. The van der Waals surface area contributed by atoms with E-state index in [1.165, 1.54) is 6.07 Å². The number of nitrogen functional groups attached to an aromatic ring is 1. The Balaban J connectivity index is 0.000000291. The Morgan fingerprint density at radius 3 is 2.11 bits per heavy atom. The van der Waals surface area contributed by atoms with Gasteiger partial charge in [-0.1, -0.05) is 25.2 Å². The highest BCUT2D eigenvalue weighted by Crippen LogP contribution is 2.14. The van der Waals surface area contributed by atoms with Crippen molar-refractivity contribution in [3.05, 3.63) is 17.3 Å². The van der Waals surface area contributed by atoms with Crippen molar-refractivity contribution in [3.8, 4) is 0 Å². The Kier molecular flexibility index (Phi) is 4.05. The first-order chi connectivity index (χ1) is 4.29. The van der Waals surface area contributed by atoms with Crippen LogP contribution in [0.15, 0.2) is 12.1 Å². The molecule has 0 spiro atoms. The van der Waals surface area contributed by atoms with Gasteiger partial charge in [0.05, 0.1) is 5.00 Å². The smallest absolute Gasteiger partial charge is 0.178 e. The van der Waals surface area contributed by atoms with Crippen molar-refractivity contribution >= 4 is 16.3 Å². The van der Waals surface area contributed by atoms with E-state index in [2.05, 4.69) is 0 Å². The molecule has 0 atom stereocenters. The summed E-state index contributed by atoms with van der Waals surface area (Å²) in [6.45, 7) is 4.00. The lowest BCUT2D eigenvalue weighted by Gasteiger charge is -1.70. The molecule has 1 aromatic rings. The predicted octanol–water partition coefficient (Wildman–Crippen LogP) is 2.50. The molecule has 0 unspecified atom stereocenters. The van der Waals surface area contributed by atoms with E-state index in [9.17, 15) is 4.39 Å². The second-order valence-electron chi connectivity index (χ2n) is 1.14. The number of hydrogen-bond acceptors (Lipinski definition) is 2. The van der Waals surface area contributed by atoms with E-state index >= 15 is 0 Å². The van der Waals surface area contributed by atoms with Gasteiger partial charge in [-0.05, 0) is 12.1 Å². The Morgan fingerprint density at radius 2 is 2.00 bits per heavy atom. The molecule has 1 nitrogen and oxygen atoms in total. The van der Waals surface area contributed by atoms with E-state index < -0.39 is 0 Å². The molecule has 0 saturated carbocycles. The molecule has 0 saturated heterocycles. The summed E-state index contributed by atoms with van der Waals surface area (Å²) in [5.74, 6) is 0. The topological polar surface area (TPSA) is 26.0 Å². The van der Waals surface area contributed by atoms with Crippen LogP contribution in [0.4, 0.5) is 9.39 Å². The molecule has 1 aromatic heterocycles. The molecule has 0 amide bonds. The summed E-state index contributed by atoms with van der Waals surface area (Å²) in [7, 11) is 0. The van der Waals surface area contributed by atoms with E-state index in [4.69, 9.17) is 5.73 Å². The van der Waals surface area contributed by atoms with Crippen LogP contribution in [0.2, 0.25) is 0 Å². The van der Waals surface area contributed by atoms with Crippen LogP contribution in [0, 0.1) is 5.13 Å². The number of halogens is 1. The van der Waals surface area contributed by atoms with Crippen molar-refractivity contribution in [3.63, 3.8) is 0 Å². The molecule has 0 aliphatic carbocycles. The van der Waals surface area contributed by atoms with Gasteiger partial charge in [0.1, 0.15) is 0 Å². The molecule has 9 heavy (non-hydrogen) atoms. The van der Waals surface area contributed by atoms with Gasteiger partial charge in [0.15, 0.2) is 5.13 Å². The third-order valence-electron chi connectivity index (χ3n) is 0.594. The van der Waals surface area contributed by atoms with Gasteiger partial charge < -0.3 is 5.73 Å². The normalized spacial score (nSPS) is 7.89. The van der Waals surface area contributed by atoms with E-state index in [0.717, 1.165) is 11.3 Å². The van der Waals surface area contributed by atoms with Crippen LogP contribution >= 0.6 is 11.3 Å². The summed E-state index contributed by atoms with van der Waals surface area (Å²) in [5, 5.41) is 0.301. The standard InChI is InChI=1S/C4H4FNS.C2H6/c5-3-1-2-4(6)7-3;1-2/h1-2H,6H2;1-2H3. The zero-order chi connectivity index (χ0) is 7.28. The average molecular weight is 147 g/mol. The number of hydrogen-bond donors (Lipinski definition) is 1. The first-order valence-corrected chi connectivity index (χ1v) is 3.61. The molecule has 0 bridgehead atoms. The van der Waals surface area contributed by atoms with Crippen LogP contribution in [0.1, 0.15) is 13.8 Å². The fourth-order valence-electron chi connectivity index (χ4n) is 0.328. The molecule has 0 aliphatic rings. The monoisotopic (exact) mass is 147 g/mol. The summed E-state index contributed by atoms with van der Waals surface area (Å²) < 4.78 is 11.9. The van der Waals surface area contributed by atoms with Crippen molar-refractivity contribution in [1.29, 1.82) is 0 Å². The van der Waals surface area contributed by atoms with E-state index in [0.29, 0.717) is 5.00 Å². The molecule has 1 heterocycles. The second kappa shape index (κ2) is 4.32. The van der Waals surface area contributed by atoms with Crippen molar-refractivity contribution < 1.29 is 4.39 Å². The fraction of sp³-hybridized carbons (Fsp3) is 0.333. The molecule has 0 radical (unpaired) electrons. The van der Waals surface area contributed by atoms with Gasteiger partial charge in [-0.15, -0.1) is 0 Å². The van der Waals surface area contributed by atoms with Gasteiger partial charge in [0.2, 0.25) is 0 Å². The summed E-state index contributed by atoms with van der Waals surface area (Å²) >= 11 is 0.954. The lowest BCUT2D eigenvalue weighted by molar-refractivity contribution is 0.657. The maximum absolute atomic E-state index is 11.9. The van der Waals surface area contributed by atoms with E-state index in [-0.39, 0.29) is 5.13 Å². The summed E-state index contributed by atoms with van der Waals surface area (Å²) in [6, 6.07) is 2.89. The van der Waals surface area contributed by atoms with Crippen molar-refractivity contribution in [2.45, 2.75) is 13.8 Å². The molecular weight excluding hydrogens is 137 g/mol. The van der Waals surface area contributed by atoms with Crippen molar-refractivity contribution in [1.82, 2.24) is 0 Å². The molecule has 52 valence electrons. The van der Waals surface area contributed by atoms with Gasteiger partial charge >= 0.3 is 0 Å². The SMILES string of the molecule is CC.Nc1ccc(F)s1. The Morgan fingerprint density at radius 1 is 1.44 bits per heavy atom. The lowest BCUT2D eigenvalue weighted by Crippen LogP contribution is -1.72. The highest BCUT2D eigenvalue weighted by atomic mass is 32.1. The van der Waals surface area contributed by atoms with E-state index in [1.807, 2.05) is 13.8 Å². The summed E-state index contributed by atoms with van der Waals surface area (Å²) in [5.41, 5.74) is 5.16. The van der Waals surface area contributed by atoms with Crippen LogP contribution in [0.5, 0.6) is 0 Å². The summed E-state index contributed by atoms with van der Waals surface area (Å²) in [4.78, 5) is 0. The third kappa shape index (κ3) is 3.08. The lowest BCUT2D eigenvalue weighted by atomic mass is 10.6. The van der Waals surface area contributed by atoms with Gasteiger partial charge in [-0.25, -0.2) is 0 Å². The van der Waals surface area contributed by atoms with Crippen molar-refractivity contribution in [2.75, 3.05) is 5.73 Å². The Bertz CT molecular complexity index is 145. The predicted molar refractivity (Wildman–Crippen MR) is 40.0 cm³/mol. The van der Waals surface area contributed by atoms with Gasteiger partial charge in [0.25, 0.3) is 0 Å². The fourth-order valence-corrected chi connectivity index (χ4v) is 0.826. The van der Waals surface area contributed by atoms with Gasteiger partial charge in [0, 0.05) is 0 Å². The third-order valence-corrected chi connectivity index (χ3v) is 1.30. The van der Waals surface area contributed by atoms with Crippen LogP contribution < -0.4 is 5.73 Å². The Labute approximate surface area is 58.3 Å². The molecule has 0 aromatic carbocycles. The molecule has 1 rings (SSSR count). The van der Waals surface area contributed by atoms with Crippen LogP contribution in [0.3, 0.4) is 0 Å². The molecule has 3 heteroatoms. The van der Waals surface area contributed by atoms with Crippen LogP contribution in [0.25, 0.3) is 0 Å². The zero-order valence-electron chi connectivity index (χ0n) is 5.52. The van der Waals surface area contributed by atoms with Crippen molar-refractivity contribution in [2.24, 2.45) is 0 Å². The zero-order valence-corrected chi connectivity index (χ0v) is 6.33. The van der Waals surface area contributed by atoms with Gasteiger partial charge in [-0.3, -0.25) is 0 Å². The Hall–Kier alpha value is -0.570. The summed E-state index contributed by atoms with van der Waals surface area (Å²) in [6.07, 6.45) is 0. The highest BCUT2D eigenvalue weighted by molar-refractivity contribution is 7.14. The maximum atomic E-state index is 11.9. The average Bonchev–Trinajstić information content (AvgIpc) is 2.20. The van der Waals surface area contributed by atoms with Gasteiger partial charge in [-0.2, -0.15) is 4.39 Å². The molecule has 0 aliphatic heterocycles. The molecule has 0 fully saturated rings. The largest absolute Gasteiger partial charge is 0.391 e. The molecule has 2 N–H and O–H groups in total. The first-order valence-electron chi connectivity index (χ1n) is 2.80. The highest BCUT2D eigenvalue weighted by Gasteiger charge is 1.89.